The second-order valence-electron chi connectivity index (χ2n) is 3.91. The van der Waals surface area contributed by atoms with E-state index in [-0.39, 0.29) is 23.2 Å². The minimum Gasteiger partial charge on any atom is -0.377 e. The number of anilines is 1. The van der Waals surface area contributed by atoms with E-state index in [9.17, 15) is 4.79 Å². The van der Waals surface area contributed by atoms with E-state index in [4.69, 9.17) is 16.3 Å². The molecule has 1 aromatic rings. The summed E-state index contributed by atoms with van der Waals surface area (Å²) in [6, 6.07) is 1.61. The number of aromatic nitrogens is 2. The summed E-state index contributed by atoms with van der Waals surface area (Å²) >= 11 is 5.65. The summed E-state index contributed by atoms with van der Waals surface area (Å²) < 4.78 is 5.48. The predicted molar refractivity (Wildman–Crippen MR) is 63.8 cm³/mol. The van der Waals surface area contributed by atoms with Crippen molar-refractivity contribution in [3.63, 3.8) is 0 Å². The highest BCUT2D eigenvalue weighted by Gasteiger charge is 2.32. The van der Waals surface area contributed by atoms with Gasteiger partial charge in [0.2, 0.25) is 11.2 Å². The van der Waals surface area contributed by atoms with Crippen LogP contribution in [0.4, 0.5) is 5.82 Å². The molecule has 0 bridgehead atoms. The summed E-state index contributed by atoms with van der Waals surface area (Å²) in [6.45, 7) is 2.65. The number of nitrogens with zero attached hydrogens (tertiary/aromatic N) is 2. The molecule has 5 nitrogen and oxygen atoms in total. The highest BCUT2D eigenvalue weighted by Crippen LogP contribution is 2.24. The van der Waals surface area contributed by atoms with Crippen LogP contribution in [-0.4, -0.2) is 28.6 Å². The first-order valence-corrected chi connectivity index (χ1v) is 5.99. The van der Waals surface area contributed by atoms with Crippen molar-refractivity contribution in [3.05, 3.63) is 17.5 Å². The van der Waals surface area contributed by atoms with Crippen LogP contribution in [0.1, 0.15) is 19.8 Å². The molecule has 2 heterocycles. The van der Waals surface area contributed by atoms with Gasteiger partial charge in [-0.15, -0.1) is 0 Å². The molecule has 17 heavy (non-hydrogen) atoms. The van der Waals surface area contributed by atoms with Crippen LogP contribution in [0.25, 0.3) is 0 Å². The van der Waals surface area contributed by atoms with Gasteiger partial charge in [-0.25, -0.2) is 9.97 Å². The second-order valence-corrected chi connectivity index (χ2v) is 4.25. The molecule has 0 radical (unpaired) electrons. The number of hydrogen-bond donors (Lipinski definition) is 1. The van der Waals surface area contributed by atoms with Crippen LogP contribution >= 0.6 is 11.6 Å². The summed E-state index contributed by atoms with van der Waals surface area (Å²) in [7, 11) is 0. The van der Waals surface area contributed by atoms with Crippen LogP contribution in [0.2, 0.25) is 5.28 Å². The van der Waals surface area contributed by atoms with Crippen LogP contribution in [0.15, 0.2) is 12.3 Å². The summed E-state index contributed by atoms with van der Waals surface area (Å²) in [6.07, 6.45) is 3.10. The van der Waals surface area contributed by atoms with E-state index in [1.54, 1.807) is 6.07 Å². The fourth-order valence-corrected chi connectivity index (χ4v) is 2.12. The Kier molecular flexibility index (Phi) is 3.91. The number of halogens is 1. The number of carbonyl (C=O) groups excluding carboxylic acids is 1. The van der Waals surface area contributed by atoms with Gasteiger partial charge in [0.05, 0.1) is 12.0 Å². The van der Waals surface area contributed by atoms with Crippen molar-refractivity contribution in [1.82, 2.24) is 9.97 Å². The molecular weight excluding hydrogens is 242 g/mol. The third kappa shape index (κ3) is 2.92. The lowest BCUT2D eigenvalue weighted by molar-refractivity contribution is -0.121. The van der Waals surface area contributed by atoms with Gasteiger partial charge in [-0.1, -0.05) is 6.92 Å². The largest absolute Gasteiger partial charge is 0.377 e. The Bertz CT molecular complexity index is 413. The Morgan fingerprint density at radius 1 is 1.71 bits per heavy atom. The summed E-state index contributed by atoms with van der Waals surface area (Å²) in [4.78, 5) is 19.7. The van der Waals surface area contributed by atoms with E-state index < -0.39 is 0 Å². The van der Waals surface area contributed by atoms with Crippen LogP contribution in [0, 0.1) is 5.92 Å². The molecule has 1 aromatic heterocycles. The highest BCUT2D eigenvalue weighted by molar-refractivity contribution is 6.28. The molecule has 1 N–H and O–H groups in total. The van der Waals surface area contributed by atoms with Crippen molar-refractivity contribution in [2.24, 2.45) is 5.92 Å². The van der Waals surface area contributed by atoms with E-state index in [0.29, 0.717) is 12.4 Å². The molecular formula is C11H14ClN3O2. The Labute approximate surface area is 105 Å². The van der Waals surface area contributed by atoms with Crippen LogP contribution in [0.5, 0.6) is 0 Å². The second kappa shape index (κ2) is 5.42. The van der Waals surface area contributed by atoms with Crippen molar-refractivity contribution >= 4 is 23.3 Å². The van der Waals surface area contributed by atoms with Gasteiger partial charge >= 0.3 is 0 Å². The molecule has 1 fully saturated rings. The maximum Gasteiger partial charge on any atom is 0.231 e. The Morgan fingerprint density at radius 2 is 2.53 bits per heavy atom. The number of rotatable bonds is 3. The highest BCUT2D eigenvalue weighted by atomic mass is 35.5. The predicted octanol–water partition coefficient (Wildman–Crippen LogP) is 1.88. The van der Waals surface area contributed by atoms with E-state index in [1.807, 2.05) is 6.92 Å². The molecule has 0 aliphatic carbocycles. The normalized spacial score (nSPS) is 23.6. The van der Waals surface area contributed by atoms with Crippen molar-refractivity contribution in [2.45, 2.75) is 25.9 Å². The van der Waals surface area contributed by atoms with Crippen molar-refractivity contribution in [1.29, 1.82) is 0 Å². The van der Waals surface area contributed by atoms with Gasteiger partial charge in [-0.3, -0.25) is 4.79 Å². The lowest BCUT2D eigenvalue weighted by Crippen LogP contribution is -2.29. The average Bonchev–Trinajstić information content (AvgIpc) is 2.77. The molecule has 2 rings (SSSR count). The molecule has 1 amide bonds. The maximum atomic E-state index is 12.0. The smallest absolute Gasteiger partial charge is 0.231 e. The summed E-state index contributed by atoms with van der Waals surface area (Å²) in [5, 5.41) is 2.86. The third-order valence-electron chi connectivity index (χ3n) is 2.83. The number of carbonyl (C=O) groups is 1. The first-order chi connectivity index (χ1) is 8.20. The van der Waals surface area contributed by atoms with Crippen LogP contribution in [0.3, 0.4) is 0 Å². The topological polar surface area (TPSA) is 64.1 Å². The SMILES string of the molecule is CCC1OCCC1C(=O)Nc1ccnc(Cl)n1. The maximum absolute atomic E-state index is 12.0. The van der Waals surface area contributed by atoms with Gasteiger partial charge in [0.25, 0.3) is 0 Å². The first-order valence-electron chi connectivity index (χ1n) is 5.61. The van der Waals surface area contributed by atoms with Crippen molar-refractivity contribution in [2.75, 3.05) is 11.9 Å². The lowest BCUT2D eigenvalue weighted by Gasteiger charge is -2.15. The molecule has 0 aromatic carbocycles. The van der Waals surface area contributed by atoms with Gasteiger partial charge in [0, 0.05) is 12.8 Å². The monoisotopic (exact) mass is 255 g/mol. The number of ether oxygens (including phenoxy) is 1. The van der Waals surface area contributed by atoms with E-state index >= 15 is 0 Å². The quantitative estimate of drug-likeness (QED) is 0.838. The molecule has 1 aliphatic rings. The van der Waals surface area contributed by atoms with E-state index in [0.717, 1.165) is 12.8 Å². The Hall–Kier alpha value is -1.20. The summed E-state index contributed by atoms with van der Waals surface area (Å²) in [5.74, 6) is 0.259. The first kappa shape index (κ1) is 12.3. The molecule has 6 heteroatoms. The van der Waals surface area contributed by atoms with Gasteiger partial charge in [-0.05, 0) is 30.5 Å². The molecule has 0 saturated carbocycles. The zero-order valence-corrected chi connectivity index (χ0v) is 10.3. The minimum absolute atomic E-state index is 0.00677. The minimum atomic E-state index is -0.103. The van der Waals surface area contributed by atoms with Crippen LogP contribution < -0.4 is 5.32 Å². The van der Waals surface area contributed by atoms with Gasteiger partial charge in [0.1, 0.15) is 5.82 Å². The van der Waals surface area contributed by atoms with E-state index in [2.05, 4.69) is 15.3 Å². The van der Waals surface area contributed by atoms with Crippen LogP contribution in [-0.2, 0) is 9.53 Å². The standard InChI is InChI=1S/C11H14ClN3O2/c1-2-8-7(4-6-17-8)10(16)14-9-3-5-13-11(12)15-9/h3,5,7-8H,2,4,6H2,1H3,(H,13,14,15,16). The van der Waals surface area contributed by atoms with Gasteiger partial charge < -0.3 is 10.1 Å². The Balaban J connectivity index is 2.01. The fraction of sp³-hybridized carbons (Fsp3) is 0.545. The molecule has 1 saturated heterocycles. The summed E-state index contributed by atoms with van der Waals surface area (Å²) in [5.41, 5.74) is 0. The fourth-order valence-electron chi connectivity index (χ4n) is 1.97. The number of nitrogens with one attached hydrogen (secondary N) is 1. The number of hydrogen-bond acceptors (Lipinski definition) is 4. The zero-order valence-electron chi connectivity index (χ0n) is 9.52. The molecule has 92 valence electrons. The van der Waals surface area contributed by atoms with Crippen molar-refractivity contribution < 1.29 is 9.53 Å². The lowest BCUT2D eigenvalue weighted by atomic mass is 9.99. The Morgan fingerprint density at radius 3 is 3.24 bits per heavy atom. The zero-order chi connectivity index (χ0) is 12.3. The average molecular weight is 256 g/mol. The van der Waals surface area contributed by atoms with Gasteiger partial charge in [-0.2, -0.15) is 0 Å². The third-order valence-corrected chi connectivity index (χ3v) is 3.01. The molecule has 2 unspecified atom stereocenters. The number of amides is 1. The molecule has 0 spiro atoms. The molecule has 2 atom stereocenters. The molecule has 1 aliphatic heterocycles. The van der Waals surface area contributed by atoms with Gasteiger partial charge in [0.15, 0.2) is 0 Å². The van der Waals surface area contributed by atoms with E-state index in [1.165, 1.54) is 6.20 Å². The van der Waals surface area contributed by atoms with Crippen molar-refractivity contribution in [3.8, 4) is 0 Å².